The Morgan fingerprint density at radius 1 is 1.02 bits per heavy atom. The SMILES string of the molecule is CCOc1cc(/C=C2\C(=O)NC(=O)N(c3ccc(C45CC6CC(CC(C6)C4)C5)cc3)C2=O)cc(I)c1OCC(=O)OC. The average Bonchev–Trinajstić information content (AvgIpc) is 2.94. The number of rotatable bonds is 8. The lowest BCUT2D eigenvalue weighted by Crippen LogP contribution is -2.54. The number of hydrogen-bond donors (Lipinski definition) is 1. The number of barbiturate groups is 1. The Morgan fingerprint density at radius 3 is 2.26 bits per heavy atom. The first kappa shape index (κ1) is 28.7. The van der Waals surface area contributed by atoms with Gasteiger partial charge in [0.2, 0.25) is 0 Å². The molecule has 7 rings (SSSR count). The highest BCUT2D eigenvalue weighted by Crippen LogP contribution is 2.60. The van der Waals surface area contributed by atoms with Gasteiger partial charge in [-0.15, -0.1) is 0 Å². The summed E-state index contributed by atoms with van der Waals surface area (Å²) in [6.07, 6.45) is 9.16. The van der Waals surface area contributed by atoms with Gasteiger partial charge >= 0.3 is 12.0 Å². The Bertz CT molecular complexity index is 1450. The quantitative estimate of drug-likeness (QED) is 0.172. The van der Waals surface area contributed by atoms with Gasteiger partial charge in [0.1, 0.15) is 5.57 Å². The summed E-state index contributed by atoms with van der Waals surface area (Å²) in [6.45, 7) is 1.83. The summed E-state index contributed by atoms with van der Waals surface area (Å²) in [5.74, 6) is 1.10. The molecule has 42 heavy (non-hydrogen) atoms. The highest BCUT2D eigenvalue weighted by molar-refractivity contribution is 14.1. The Labute approximate surface area is 258 Å². The van der Waals surface area contributed by atoms with Crippen molar-refractivity contribution in [3.05, 3.63) is 56.7 Å². The van der Waals surface area contributed by atoms with E-state index in [1.165, 1.54) is 57.3 Å². The maximum Gasteiger partial charge on any atom is 0.343 e. The van der Waals surface area contributed by atoms with Gasteiger partial charge in [-0.25, -0.2) is 14.5 Å². The fraction of sp³-hybridized carbons (Fsp3) is 0.438. The van der Waals surface area contributed by atoms with Gasteiger partial charge in [-0.1, -0.05) is 12.1 Å². The van der Waals surface area contributed by atoms with E-state index in [0.717, 1.165) is 22.7 Å². The topological polar surface area (TPSA) is 111 Å². The predicted molar refractivity (Wildman–Crippen MR) is 163 cm³/mol. The molecule has 0 atom stereocenters. The highest BCUT2D eigenvalue weighted by atomic mass is 127. The lowest BCUT2D eigenvalue weighted by Gasteiger charge is -2.57. The molecule has 4 aliphatic carbocycles. The van der Waals surface area contributed by atoms with Crippen molar-refractivity contribution in [3.8, 4) is 11.5 Å². The number of carbonyl (C=O) groups excluding carboxylic acids is 4. The largest absolute Gasteiger partial charge is 0.490 e. The van der Waals surface area contributed by atoms with Crippen LogP contribution in [0.2, 0.25) is 0 Å². The molecule has 10 heteroatoms. The lowest BCUT2D eigenvalue weighted by atomic mass is 9.48. The standard InChI is InChI=1S/C32H33IN2O7/c1-3-41-26-13-18(12-25(33)28(26)42-17-27(36)40-2)11-24-29(37)34-31(39)35(30(24)38)23-6-4-22(5-7-23)32-14-19-8-20(15-32)10-21(9-19)16-32/h4-7,11-13,19-21H,3,8-10,14-17H2,1-2H3,(H,34,37,39)/b24-11+. The zero-order valence-electron chi connectivity index (χ0n) is 23.6. The number of carbonyl (C=O) groups is 4. The number of imide groups is 2. The number of nitrogens with one attached hydrogen (secondary N) is 1. The van der Waals surface area contributed by atoms with Crippen molar-refractivity contribution in [1.29, 1.82) is 0 Å². The molecule has 9 nitrogen and oxygen atoms in total. The monoisotopic (exact) mass is 684 g/mol. The molecule has 4 amide bonds. The summed E-state index contributed by atoms with van der Waals surface area (Å²) in [6, 6.07) is 10.3. The first-order valence-corrected chi connectivity index (χ1v) is 15.5. The summed E-state index contributed by atoms with van der Waals surface area (Å²) in [5.41, 5.74) is 2.22. The zero-order chi connectivity index (χ0) is 29.6. The summed E-state index contributed by atoms with van der Waals surface area (Å²) in [4.78, 5) is 51.9. The molecule has 0 radical (unpaired) electrons. The van der Waals surface area contributed by atoms with E-state index in [4.69, 9.17) is 9.47 Å². The molecule has 1 heterocycles. The number of nitrogens with zero attached hydrogens (tertiary/aromatic N) is 1. The van der Waals surface area contributed by atoms with E-state index in [1.807, 2.05) is 34.7 Å². The Balaban J connectivity index is 1.26. The number of esters is 1. The number of anilines is 1. The molecule has 5 aliphatic rings. The van der Waals surface area contributed by atoms with E-state index < -0.39 is 23.8 Å². The van der Waals surface area contributed by atoms with Crippen LogP contribution in [0, 0.1) is 21.3 Å². The Kier molecular flexibility index (Phi) is 7.75. The molecule has 1 N–H and O–H groups in total. The molecule has 4 saturated carbocycles. The molecule has 4 bridgehead atoms. The first-order chi connectivity index (χ1) is 20.2. The minimum absolute atomic E-state index is 0.179. The van der Waals surface area contributed by atoms with E-state index in [1.54, 1.807) is 19.1 Å². The maximum absolute atomic E-state index is 13.6. The van der Waals surface area contributed by atoms with Crippen LogP contribution in [-0.4, -0.2) is 44.1 Å². The van der Waals surface area contributed by atoms with Crippen LogP contribution in [0.3, 0.4) is 0 Å². The van der Waals surface area contributed by atoms with Gasteiger partial charge in [-0.3, -0.25) is 14.9 Å². The average molecular weight is 685 g/mol. The van der Waals surface area contributed by atoms with E-state index >= 15 is 0 Å². The van der Waals surface area contributed by atoms with Crippen LogP contribution >= 0.6 is 22.6 Å². The van der Waals surface area contributed by atoms with Crippen LogP contribution in [0.4, 0.5) is 10.5 Å². The Hall–Kier alpha value is -3.41. The summed E-state index contributed by atoms with van der Waals surface area (Å²) >= 11 is 2.03. The summed E-state index contributed by atoms with van der Waals surface area (Å²) in [5, 5.41) is 2.31. The van der Waals surface area contributed by atoms with Gasteiger partial charge in [0.05, 0.1) is 23.0 Å². The van der Waals surface area contributed by atoms with Crippen LogP contribution < -0.4 is 19.7 Å². The summed E-state index contributed by atoms with van der Waals surface area (Å²) < 4.78 is 16.6. The number of amides is 4. The molecule has 0 spiro atoms. The third-order valence-electron chi connectivity index (χ3n) is 9.08. The van der Waals surface area contributed by atoms with Crippen molar-refractivity contribution in [3.63, 3.8) is 0 Å². The van der Waals surface area contributed by atoms with Crippen LogP contribution in [0.5, 0.6) is 11.5 Å². The first-order valence-electron chi connectivity index (χ1n) is 14.4. The van der Waals surface area contributed by atoms with Gasteiger partial charge in [-0.05, 0) is 133 Å². The van der Waals surface area contributed by atoms with Crippen molar-refractivity contribution in [2.75, 3.05) is 25.2 Å². The maximum atomic E-state index is 13.6. The van der Waals surface area contributed by atoms with Crippen molar-refractivity contribution >= 4 is 58.2 Å². The van der Waals surface area contributed by atoms with Crippen LogP contribution in [0.15, 0.2) is 42.0 Å². The van der Waals surface area contributed by atoms with Gasteiger partial charge in [0.15, 0.2) is 18.1 Å². The van der Waals surface area contributed by atoms with Crippen molar-refractivity contribution in [1.82, 2.24) is 5.32 Å². The van der Waals surface area contributed by atoms with Gasteiger partial charge in [0.25, 0.3) is 11.8 Å². The van der Waals surface area contributed by atoms with Crippen molar-refractivity contribution < 1.29 is 33.4 Å². The number of urea groups is 1. The summed E-state index contributed by atoms with van der Waals surface area (Å²) in [7, 11) is 1.27. The minimum atomic E-state index is -0.777. The fourth-order valence-corrected chi connectivity index (χ4v) is 8.53. The van der Waals surface area contributed by atoms with E-state index in [-0.39, 0.29) is 17.6 Å². The zero-order valence-corrected chi connectivity index (χ0v) is 25.8. The second-order valence-corrected chi connectivity index (χ2v) is 13.0. The highest BCUT2D eigenvalue weighted by Gasteiger charge is 2.51. The van der Waals surface area contributed by atoms with Gasteiger partial charge in [-0.2, -0.15) is 0 Å². The Morgan fingerprint density at radius 2 is 1.67 bits per heavy atom. The molecule has 1 saturated heterocycles. The van der Waals surface area contributed by atoms with Gasteiger partial charge < -0.3 is 14.2 Å². The van der Waals surface area contributed by atoms with E-state index in [0.29, 0.717) is 32.9 Å². The third-order valence-corrected chi connectivity index (χ3v) is 9.88. The molecule has 0 unspecified atom stereocenters. The molecule has 1 aliphatic heterocycles. The number of ether oxygens (including phenoxy) is 3. The predicted octanol–water partition coefficient (Wildman–Crippen LogP) is 5.38. The number of methoxy groups -OCH3 is 1. The molecule has 2 aromatic carbocycles. The second kappa shape index (κ2) is 11.3. The number of hydrogen-bond acceptors (Lipinski definition) is 7. The van der Waals surface area contributed by atoms with Crippen molar-refractivity contribution in [2.45, 2.75) is 50.9 Å². The van der Waals surface area contributed by atoms with E-state index in [9.17, 15) is 19.2 Å². The molecule has 2 aromatic rings. The number of halogens is 1. The second-order valence-electron chi connectivity index (χ2n) is 11.8. The van der Waals surface area contributed by atoms with Gasteiger partial charge in [0, 0.05) is 0 Å². The smallest absolute Gasteiger partial charge is 0.343 e. The normalized spacial score (nSPS) is 27.3. The third kappa shape index (κ3) is 5.29. The van der Waals surface area contributed by atoms with E-state index in [2.05, 4.69) is 22.2 Å². The molecule has 0 aromatic heterocycles. The lowest BCUT2D eigenvalue weighted by molar-refractivity contribution is -0.143. The molecule has 220 valence electrons. The fourth-order valence-electron chi connectivity index (χ4n) is 7.75. The molecule has 5 fully saturated rings. The molecular weight excluding hydrogens is 651 g/mol. The minimum Gasteiger partial charge on any atom is -0.490 e. The molecular formula is C32H33IN2O7. The van der Waals surface area contributed by atoms with Crippen LogP contribution in [0.25, 0.3) is 6.08 Å². The number of benzene rings is 2. The van der Waals surface area contributed by atoms with Crippen LogP contribution in [0.1, 0.15) is 56.6 Å². The van der Waals surface area contributed by atoms with Crippen LogP contribution in [-0.2, 0) is 24.5 Å². The van der Waals surface area contributed by atoms with Crippen molar-refractivity contribution in [2.24, 2.45) is 17.8 Å².